The predicted molar refractivity (Wildman–Crippen MR) is 76.2 cm³/mol. The first-order valence-corrected chi connectivity index (χ1v) is 7.10. The first-order valence-electron chi connectivity index (χ1n) is 7.10. The Hall–Kier alpha value is -1.27. The summed E-state index contributed by atoms with van der Waals surface area (Å²) >= 11 is 0. The Bertz CT molecular complexity index is 490. The lowest BCUT2D eigenvalue weighted by Gasteiger charge is -2.36. The largest absolute Gasteiger partial charge is 0.416 e. The van der Waals surface area contributed by atoms with E-state index < -0.39 is 11.7 Å². The van der Waals surface area contributed by atoms with Crippen LogP contribution in [0, 0.1) is 5.92 Å². The number of nitrogens with zero attached hydrogens (tertiary/aromatic N) is 1. The van der Waals surface area contributed by atoms with Crippen molar-refractivity contribution < 1.29 is 18.3 Å². The van der Waals surface area contributed by atoms with Crippen molar-refractivity contribution in [2.45, 2.75) is 32.2 Å². The van der Waals surface area contributed by atoms with Crippen LogP contribution in [0.3, 0.4) is 0 Å². The molecule has 1 saturated heterocycles. The first-order chi connectivity index (χ1) is 9.82. The summed E-state index contributed by atoms with van der Waals surface area (Å²) in [6, 6.07) is 4.48. The zero-order valence-corrected chi connectivity index (χ0v) is 12.2. The number of alkyl halides is 3. The summed E-state index contributed by atoms with van der Waals surface area (Å²) in [5.41, 5.74) is 0.230. The van der Waals surface area contributed by atoms with Crippen LogP contribution in [-0.2, 0) is 12.7 Å². The lowest BCUT2D eigenvalue weighted by atomic mass is 9.95. The number of aliphatic hydroxyl groups excluding tert-OH is 1. The second-order valence-electron chi connectivity index (χ2n) is 5.65. The standard InChI is InChI=1S/C15H21F3N2O/c1-10-9-20(6-5-14(10)21)12-4-3-11(8-19-2)13(7-12)15(16,17)18/h3-4,7,10,14,19,21H,5-6,8-9H2,1-2H3. The van der Waals surface area contributed by atoms with E-state index in [0.29, 0.717) is 25.2 Å². The van der Waals surface area contributed by atoms with Crippen molar-refractivity contribution in [1.29, 1.82) is 0 Å². The van der Waals surface area contributed by atoms with Crippen LogP contribution >= 0.6 is 0 Å². The summed E-state index contributed by atoms with van der Waals surface area (Å²) in [5.74, 6) is 0.0603. The topological polar surface area (TPSA) is 35.5 Å². The highest BCUT2D eigenvalue weighted by molar-refractivity contribution is 5.52. The van der Waals surface area contributed by atoms with Gasteiger partial charge in [-0.15, -0.1) is 0 Å². The Kier molecular flexibility index (Phi) is 4.78. The molecular formula is C15H21F3N2O. The molecule has 118 valence electrons. The molecule has 1 heterocycles. The van der Waals surface area contributed by atoms with Crippen molar-refractivity contribution in [3.05, 3.63) is 29.3 Å². The molecule has 6 heteroatoms. The average Bonchev–Trinajstić information content (AvgIpc) is 2.41. The lowest BCUT2D eigenvalue weighted by molar-refractivity contribution is -0.138. The van der Waals surface area contributed by atoms with Gasteiger partial charge in [0.25, 0.3) is 0 Å². The van der Waals surface area contributed by atoms with Gasteiger partial charge in [-0.05, 0) is 37.1 Å². The average molecular weight is 302 g/mol. The molecule has 1 aliphatic heterocycles. The Morgan fingerprint density at radius 2 is 2.10 bits per heavy atom. The molecule has 0 bridgehead atoms. The van der Waals surface area contributed by atoms with Crippen LogP contribution in [-0.4, -0.2) is 31.3 Å². The molecular weight excluding hydrogens is 281 g/mol. The van der Waals surface area contributed by atoms with E-state index in [1.54, 1.807) is 13.1 Å². The molecule has 0 saturated carbocycles. The molecule has 1 fully saturated rings. The number of halogens is 3. The molecule has 3 nitrogen and oxygen atoms in total. The minimum Gasteiger partial charge on any atom is -0.393 e. The van der Waals surface area contributed by atoms with E-state index in [-0.39, 0.29) is 24.1 Å². The van der Waals surface area contributed by atoms with Gasteiger partial charge in [0.1, 0.15) is 0 Å². The number of hydrogen-bond acceptors (Lipinski definition) is 3. The number of rotatable bonds is 3. The molecule has 0 aliphatic carbocycles. The summed E-state index contributed by atoms with van der Waals surface area (Å²) in [5, 5.41) is 12.5. The van der Waals surface area contributed by atoms with E-state index in [1.807, 2.05) is 11.8 Å². The Labute approximate surface area is 122 Å². The summed E-state index contributed by atoms with van der Waals surface area (Å²) in [4.78, 5) is 1.91. The molecule has 2 atom stereocenters. The maximum atomic E-state index is 13.2. The van der Waals surface area contributed by atoms with Crippen LogP contribution < -0.4 is 10.2 Å². The SMILES string of the molecule is CNCc1ccc(N2CCC(O)C(C)C2)cc1C(F)(F)F. The molecule has 2 N–H and O–H groups in total. The molecule has 0 amide bonds. The number of piperidine rings is 1. The van der Waals surface area contributed by atoms with Gasteiger partial charge in [0, 0.05) is 25.3 Å². The number of hydrogen-bond donors (Lipinski definition) is 2. The van der Waals surface area contributed by atoms with Crippen molar-refractivity contribution >= 4 is 5.69 Å². The van der Waals surface area contributed by atoms with Gasteiger partial charge >= 0.3 is 6.18 Å². The number of anilines is 1. The predicted octanol–water partition coefficient (Wildman–Crippen LogP) is 2.63. The van der Waals surface area contributed by atoms with Crippen LogP contribution in [0.15, 0.2) is 18.2 Å². The van der Waals surface area contributed by atoms with Crippen molar-refractivity contribution in [3.63, 3.8) is 0 Å². The Morgan fingerprint density at radius 3 is 2.67 bits per heavy atom. The van der Waals surface area contributed by atoms with Gasteiger partial charge in [-0.3, -0.25) is 0 Å². The minimum absolute atomic E-state index is 0.0603. The quantitative estimate of drug-likeness (QED) is 0.901. The maximum Gasteiger partial charge on any atom is 0.416 e. The number of nitrogens with one attached hydrogen (secondary N) is 1. The van der Waals surface area contributed by atoms with E-state index in [4.69, 9.17) is 0 Å². The normalized spacial score (nSPS) is 23.4. The third kappa shape index (κ3) is 3.68. The van der Waals surface area contributed by atoms with Crippen molar-refractivity contribution in [2.75, 3.05) is 25.0 Å². The highest BCUT2D eigenvalue weighted by atomic mass is 19.4. The van der Waals surface area contributed by atoms with Gasteiger partial charge in [-0.1, -0.05) is 13.0 Å². The van der Waals surface area contributed by atoms with E-state index in [0.717, 1.165) is 0 Å². The molecule has 0 aromatic heterocycles. The number of aliphatic hydroxyl groups is 1. The molecule has 2 unspecified atom stereocenters. The summed E-state index contributed by atoms with van der Waals surface area (Å²) < 4.78 is 39.5. The van der Waals surface area contributed by atoms with Crippen LogP contribution in [0.25, 0.3) is 0 Å². The van der Waals surface area contributed by atoms with Crippen LogP contribution in [0.1, 0.15) is 24.5 Å². The summed E-state index contributed by atoms with van der Waals surface area (Å²) in [6.45, 7) is 3.25. The fraction of sp³-hybridized carbons (Fsp3) is 0.600. The fourth-order valence-corrected chi connectivity index (χ4v) is 2.74. The van der Waals surface area contributed by atoms with Gasteiger partial charge in [0.2, 0.25) is 0 Å². The zero-order chi connectivity index (χ0) is 15.6. The van der Waals surface area contributed by atoms with Crippen LogP contribution in [0.5, 0.6) is 0 Å². The molecule has 0 spiro atoms. The van der Waals surface area contributed by atoms with Crippen LogP contribution in [0.4, 0.5) is 18.9 Å². The van der Waals surface area contributed by atoms with Gasteiger partial charge in [-0.25, -0.2) is 0 Å². The molecule has 0 radical (unpaired) electrons. The first kappa shape index (κ1) is 16.1. The van der Waals surface area contributed by atoms with Gasteiger partial charge in [0.15, 0.2) is 0 Å². The molecule has 1 aromatic rings. The van der Waals surface area contributed by atoms with E-state index in [2.05, 4.69) is 5.32 Å². The Morgan fingerprint density at radius 1 is 1.38 bits per heavy atom. The maximum absolute atomic E-state index is 13.2. The monoisotopic (exact) mass is 302 g/mol. The van der Waals surface area contributed by atoms with Crippen LogP contribution in [0.2, 0.25) is 0 Å². The molecule has 1 aliphatic rings. The highest BCUT2D eigenvalue weighted by Gasteiger charge is 2.34. The summed E-state index contributed by atoms with van der Waals surface area (Å²) in [7, 11) is 1.63. The number of benzene rings is 1. The van der Waals surface area contributed by atoms with Crippen molar-refractivity contribution in [2.24, 2.45) is 5.92 Å². The third-order valence-corrected chi connectivity index (χ3v) is 3.99. The van der Waals surface area contributed by atoms with Gasteiger partial charge in [-0.2, -0.15) is 13.2 Å². The third-order valence-electron chi connectivity index (χ3n) is 3.99. The Balaban J connectivity index is 2.29. The lowest BCUT2D eigenvalue weighted by Crippen LogP contribution is -2.42. The highest BCUT2D eigenvalue weighted by Crippen LogP contribution is 2.35. The van der Waals surface area contributed by atoms with Crippen molar-refractivity contribution in [1.82, 2.24) is 5.32 Å². The zero-order valence-electron chi connectivity index (χ0n) is 12.2. The molecule has 1 aromatic carbocycles. The van der Waals surface area contributed by atoms with Gasteiger partial charge < -0.3 is 15.3 Å². The van der Waals surface area contributed by atoms with E-state index in [1.165, 1.54) is 12.1 Å². The van der Waals surface area contributed by atoms with Gasteiger partial charge in [0.05, 0.1) is 11.7 Å². The molecule has 21 heavy (non-hydrogen) atoms. The summed E-state index contributed by atoms with van der Waals surface area (Å²) in [6.07, 6.45) is -4.14. The van der Waals surface area contributed by atoms with E-state index >= 15 is 0 Å². The fourth-order valence-electron chi connectivity index (χ4n) is 2.74. The smallest absolute Gasteiger partial charge is 0.393 e. The second kappa shape index (κ2) is 6.23. The molecule has 2 rings (SSSR count). The minimum atomic E-state index is -4.36. The van der Waals surface area contributed by atoms with E-state index in [9.17, 15) is 18.3 Å². The second-order valence-corrected chi connectivity index (χ2v) is 5.65. The van der Waals surface area contributed by atoms with Crippen molar-refractivity contribution in [3.8, 4) is 0 Å².